The first-order valence-corrected chi connectivity index (χ1v) is 9.23. The van der Waals surface area contributed by atoms with E-state index in [-0.39, 0.29) is 0 Å². The fourth-order valence-electron chi connectivity index (χ4n) is 4.40. The molecule has 4 rings (SSSR count). The first kappa shape index (κ1) is 20.5. The van der Waals surface area contributed by atoms with Crippen LogP contribution >= 0.6 is 0 Å². The molecule has 0 heterocycles. The molecule has 0 aliphatic heterocycles. The van der Waals surface area contributed by atoms with E-state index in [1.807, 2.05) is 12.1 Å². The molecule has 0 amide bonds. The van der Waals surface area contributed by atoms with Crippen LogP contribution in [0.1, 0.15) is 0 Å². The van der Waals surface area contributed by atoms with Gasteiger partial charge in [0.15, 0.2) is 0 Å². The van der Waals surface area contributed by atoms with Gasteiger partial charge >= 0.3 is 0 Å². The maximum Gasteiger partial charge on any atom is 0.115 e. The van der Waals surface area contributed by atoms with Gasteiger partial charge in [-0.3, -0.25) is 39.9 Å². The minimum absolute atomic E-state index is 0.429. The van der Waals surface area contributed by atoms with Crippen molar-refractivity contribution in [1.29, 1.82) is 0 Å². The summed E-state index contributed by atoms with van der Waals surface area (Å²) < 4.78 is 0. The number of aliphatic imine (C=N–C) groups is 8. The third-order valence-electron chi connectivity index (χ3n) is 5.55. The second-order valence-electron chi connectivity index (χ2n) is 6.71. The van der Waals surface area contributed by atoms with Crippen molar-refractivity contribution < 1.29 is 0 Å². The highest BCUT2D eigenvalue weighted by atomic mass is 14.9. The van der Waals surface area contributed by atoms with E-state index in [0.717, 1.165) is 21.5 Å². The van der Waals surface area contributed by atoms with Crippen molar-refractivity contribution >= 4 is 132 Å². The smallest absolute Gasteiger partial charge is 0.115 e. The highest BCUT2D eigenvalue weighted by Gasteiger charge is 2.28. The molecule has 0 saturated carbocycles. The Labute approximate surface area is 184 Å². The Balaban J connectivity index is 2.63. The molecular weight excluding hydrogens is 400 g/mol. The van der Waals surface area contributed by atoms with Crippen LogP contribution in [0.4, 0.5) is 45.5 Å². The predicted molar refractivity (Wildman–Crippen MR) is 144 cm³/mol. The Morgan fingerprint density at radius 1 is 0.312 bits per heavy atom. The van der Waals surface area contributed by atoms with Crippen molar-refractivity contribution in [3.63, 3.8) is 0 Å². The van der Waals surface area contributed by atoms with E-state index >= 15 is 0 Å². The summed E-state index contributed by atoms with van der Waals surface area (Å²) in [6, 6.07) is 3.79. The molecule has 0 aliphatic rings. The van der Waals surface area contributed by atoms with Crippen LogP contribution in [0, 0.1) is 0 Å². The second-order valence-corrected chi connectivity index (χ2v) is 6.71. The minimum atomic E-state index is 0.429. The molecule has 4 aromatic rings. The topological polar surface area (TPSA) is 98.9 Å². The maximum absolute atomic E-state index is 4.28. The average molecular weight is 418 g/mol. The predicted octanol–water partition coefficient (Wildman–Crippen LogP) is 7.24. The fourth-order valence-corrected chi connectivity index (χ4v) is 4.40. The summed E-state index contributed by atoms with van der Waals surface area (Å²) in [5.41, 5.74) is 3.63. The summed E-state index contributed by atoms with van der Waals surface area (Å²) in [5.74, 6) is 0. The average Bonchev–Trinajstić information content (AvgIpc) is 2.84. The molecule has 4 aromatic carbocycles. The van der Waals surface area contributed by atoms with Gasteiger partial charge in [-0.25, -0.2) is 0 Å². The monoisotopic (exact) mass is 418 g/mol. The lowest BCUT2D eigenvalue weighted by Gasteiger charge is -2.22. The normalized spacial score (nSPS) is 10.9. The van der Waals surface area contributed by atoms with Gasteiger partial charge in [0.05, 0.1) is 22.7 Å². The molecule has 0 atom stereocenters. The summed E-state index contributed by atoms with van der Waals surface area (Å²) in [4.78, 5) is 33.8. The maximum atomic E-state index is 4.28. The number of rotatable bonds is 8. The van der Waals surface area contributed by atoms with Gasteiger partial charge in [0.25, 0.3) is 0 Å². The van der Waals surface area contributed by atoms with Crippen LogP contribution in [0.25, 0.3) is 32.3 Å². The summed E-state index contributed by atoms with van der Waals surface area (Å²) in [6.45, 7) is 29.8. The zero-order valence-electron chi connectivity index (χ0n) is 17.4. The van der Waals surface area contributed by atoms with E-state index < -0.39 is 0 Å². The van der Waals surface area contributed by atoms with E-state index in [4.69, 9.17) is 0 Å². The van der Waals surface area contributed by atoms with Crippen LogP contribution in [0.5, 0.6) is 0 Å². The quantitative estimate of drug-likeness (QED) is 0.213. The number of hydrogen-bond acceptors (Lipinski definition) is 8. The molecule has 0 bridgehead atoms. The molecule has 0 aliphatic carbocycles. The van der Waals surface area contributed by atoms with Gasteiger partial charge in [0, 0.05) is 32.3 Å². The number of nitrogens with zero attached hydrogens (tertiary/aromatic N) is 8. The zero-order chi connectivity index (χ0) is 23.2. The third kappa shape index (κ3) is 2.31. The van der Waals surface area contributed by atoms with E-state index in [0.29, 0.717) is 56.3 Å². The van der Waals surface area contributed by atoms with Crippen molar-refractivity contribution in [2.45, 2.75) is 0 Å². The molecule has 0 spiro atoms. The molecular formula is C24H18N8. The van der Waals surface area contributed by atoms with E-state index in [9.17, 15) is 0 Å². The standard InChI is InChI=1S/C24H18N8/c1-25-17-11-9-10-12-14-13(11)15(21(29-5)23(17)31-7)19(27-3)20(28-4)16(14)22(30-6)24(32-8)18(12)26-2/h9-10H,1-8H2. The Bertz CT molecular complexity index is 1440. The lowest BCUT2D eigenvalue weighted by Crippen LogP contribution is -1.90. The molecule has 0 aromatic heterocycles. The fraction of sp³-hybridized carbons (Fsp3) is 0. The van der Waals surface area contributed by atoms with Gasteiger partial charge in [-0.2, -0.15) is 0 Å². The van der Waals surface area contributed by atoms with Gasteiger partial charge in [-0.05, 0) is 53.7 Å². The van der Waals surface area contributed by atoms with Crippen molar-refractivity contribution in [3.8, 4) is 0 Å². The minimum Gasteiger partial charge on any atom is -0.262 e. The Kier molecular flexibility index (Phi) is 4.82. The largest absolute Gasteiger partial charge is 0.262 e. The Morgan fingerprint density at radius 2 is 0.562 bits per heavy atom. The molecule has 0 unspecified atom stereocenters. The summed E-state index contributed by atoms with van der Waals surface area (Å²) in [5, 5.41) is 4.32. The molecule has 8 heteroatoms. The Morgan fingerprint density at radius 3 is 0.812 bits per heavy atom. The number of hydrogen-bond donors (Lipinski definition) is 0. The molecule has 8 nitrogen and oxygen atoms in total. The SMILES string of the molecule is C=Nc1c(N=C)c2ccc3c(N=C)c(N=C)c(N=C)c4c(N=C)c(N=C)c(c1N=C)c2c34. The van der Waals surface area contributed by atoms with E-state index in [1.165, 1.54) is 0 Å². The summed E-state index contributed by atoms with van der Waals surface area (Å²) in [7, 11) is 0. The zero-order valence-corrected chi connectivity index (χ0v) is 17.4. The van der Waals surface area contributed by atoms with Crippen molar-refractivity contribution in [2.24, 2.45) is 39.9 Å². The Hall–Kier alpha value is -4.72. The molecule has 0 N–H and O–H groups in total. The highest BCUT2D eigenvalue weighted by Crippen LogP contribution is 2.60. The van der Waals surface area contributed by atoms with Gasteiger partial charge in [-0.15, -0.1) is 0 Å². The number of benzene rings is 4. The van der Waals surface area contributed by atoms with Crippen LogP contribution in [0.15, 0.2) is 52.1 Å². The van der Waals surface area contributed by atoms with Crippen LogP contribution in [0.3, 0.4) is 0 Å². The van der Waals surface area contributed by atoms with Crippen molar-refractivity contribution in [1.82, 2.24) is 0 Å². The lowest BCUT2D eigenvalue weighted by atomic mass is 9.87. The molecule has 0 radical (unpaired) electrons. The molecule has 32 heavy (non-hydrogen) atoms. The van der Waals surface area contributed by atoms with Crippen molar-refractivity contribution in [2.75, 3.05) is 0 Å². The van der Waals surface area contributed by atoms with Crippen LogP contribution in [-0.2, 0) is 0 Å². The van der Waals surface area contributed by atoms with Crippen LogP contribution < -0.4 is 0 Å². The second kappa shape index (κ2) is 7.51. The summed E-state index contributed by atoms with van der Waals surface area (Å²) >= 11 is 0. The van der Waals surface area contributed by atoms with Crippen molar-refractivity contribution in [3.05, 3.63) is 12.1 Å². The van der Waals surface area contributed by atoms with Crippen LogP contribution in [0.2, 0.25) is 0 Å². The summed E-state index contributed by atoms with van der Waals surface area (Å²) in [6.07, 6.45) is 0. The van der Waals surface area contributed by atoms with E-state index in [2.05, 4.69) is 93.7 Å². The van der Waals surface area contributed by atoms with Gasteiger partial charge in [0.2, 0.25) is 0 Å². The van der Waals surface area contributed by atoms with Gasteiger partial charge in [-0.1, -0.05) is 12.1 Å². The molecule has 154 valence electrons. The van der Waals surface area contributed by atoms with E-state index in [1.54, 1.807) is 0 Å². The highest BCUT2D eigenvalue weighted by molar-refractivity contribution is 6.39. The van der Waals surface area contributed by atoms with Crippen LogP contribution in [-0.4, -0.2) is 53.7 Å². The third-order valence-corrected chi connectivity index (χ3v) is 5.55. The lowest BCUT2D eigenvalue weighted by molar-refractivity contribution is 1.45. The van der Waals surface area contributed by atoms with Gasteiger partial charge in [0.1, 0.15) is 22.7 Å². The van der Waals surface area contributed by atoms with Gasteiger partial charge < -0.3 is 0 Å². The first-order chi connectivity index (χ1) is 15.6. The molecule has 0 fully saturated rings. The first-order valence-electron chi connectivity index (χ1n) is 9.23. The molecule has 0 saturated heterocycles.